The number of carbonyl (C=O) groups is 1. The third kappa shape index (κ3) is 7.16. The molecular formula is C36H39N7O4. The maximum Gasteiger partial charge on any atom is 0.422 e. The molecule has 0 fully saturated rings. The van der Waals surface area contributed by atoms with Gasteiger partial charge in [-0.25, -0.2) is 10.2 Å². The summed E-state index contributed by atoms with van der Waals surface area (Å²) in [4.78, 5) is 18.0. The molecule has 0 aliphatic carbocycles. The lowest BCUT2D eigenvalue weighted by Crippen LogP contribution is -2.40. The van der Waals surface area contributed by atoms with Crippen LogP contribution >= 0.6 is 0 Å². The lowest BCUT2D eigenvalue weighted by atomic mass is 9.98. The smallest absolute Gasteiger partial charge is 0.422 e. The first kappa shape index (κ1) is 31.8. The van der Waals surface area contributed by atoms with Gasteiger partial charge in [-0.1, -0.05) is 91.8 Å². The predicted molar refractivity (Wildman–Crippen MR) is 177 cm³/mol. The Morgan fingerprint density at radius 1 is 0.915 bits per heavy atom. The van der Waals surface area contributed by atoms with Gasteiger partial charge in [-0.2, -0.15) is 0 Å². The van der Waals surface area contributed by atoms with Crippen LogP contribution < -0.4 is 10.9 Å². The number of aliphatic imine (C=N–C) groups is 1. The van der Waals surface area contributed by atoms with Crippen LogP contribution in [0.15, 0.2) is 88.4 Å². The van der Waals surface area contributed by atoms with Gasteiger partial charge in [0.05, 0.1) is 23.7 Å². The first-order chi connectivity index (χ1) is 23.1. The molecule has 3 aromatic carbocycles. The Labute approximate surface area is 274 Å². The van der Waals surface area contributed by atoms with Crippen LogP contribution in [0.5, 0.6) is 0 Å². The summed E-state index contributed by atoms with van der Waals surface area (Å²) in [7, 11) is 1.70. The molecule has 1 aliphatic rings. The topological polar surface area (TPSA) is 129 Å². The molecular weight excluding hydrogens is 594 g/mol. The second-order valence-corrected chi connectivity index (χ2v) is 11.2. The van der Waals surface area contributed by atoms with Gasteiger partial charge in [-0.3, -0.25) is 15.0 Å². The average Bonchev–Trinajstić information content (AvgIpc) is 3.70. The molecule has 6 rings (SSSR count). The van der Waals surface area contributed by atoms with Crippen molar-refractivity contribution in [2.45, 2.75) is 58.7 Å². The summed E-state index contributed by atoms with van der Waals surface area (Å²) in [6.07, 6.45) is 2.17. The molecule has 2 aromatic heterocycles. The number of nitrogens with one attached hydrogen (secondary N) is 2. The number of ether oxygens (including phenoxy) is 2. The fourth-order valence-electron chi connectivity index (χ4n) is 5.79. The number of carbonyl (C=O) groups excluding carboxylic acids is 1. The second kappa shape index (κ2) is 15.0. The van der Waals surface area contributed by atoms with Gasteiger partial charge >= 0.3 is 6.09 Å². The highest BCUT2D eigenvalue weighted by Gasteiger charge is 2.30. The van der Waals surface area contributed by atoms with Gasteiger partial charge in [0, 0.05) is 36.6 Å². The normalized spacial score (nSPS) is 13.8. The number of hydrogen-bond acceptors (Lipinski definition) is 9. The number of methoxy groups -OCH3 is 1. The standard InChI is InChI=1S/C36H39N7O4/c1-4-29-27(31(5-2)47-42-29)18-19-32-38-40-35-34(39-41-36(44)46-23-25-12-8-6-9-13-25)37-33(26-14-10-7-11-15-26)28-17-16-24(20-21-45-3)22-30(28)43(32)35/h6-17,22,34,39H,4-5,18-21,23H2,1-3H3,(H,41,44). The molecule has 5 aromatic rings. The predicted octanol–water partition coefficient (Wildman–Crippen LogP) is 5.63. The van der Waals surface area contributed by atoms with Crippen LogP contribution in [0.3, 0.4) is 0 Å². The lowest BCUT2D eigenvalue weighted by Gasteiger charge is -2.16. The van der Waals surface area contributed by atoms with Gasteiger partial charge in [0.1, 0.15) is 18.2 Å². The maximum absolute atomic E-state index is 12.8. The van der Waals surface area contributed by atoms with Crippen molar-refractivity contribution in [2.24, 2.45) is 4.99 Å². The molecule has 0 spiro atoms. The van der Waals surface area contributed by atoms with Crippen LogP contribution in [0.1, 0.15) is 70.9 Å². The molecule has 11 nitrogen and oxygen atoms in total. The molecule has 0 bridgehead atoms. The molecule has 0 saturated carbocycles. The molecule has 0 radical (unpaired) electrons. The van der Waals surface area contributed by atoms with Crippen molar-refractivity contribution in [1.29, 1.82) is 0 Å². The first-order valence-electron chi connectivity index (χ1n) is 16.0. The first-order valence-corrected chi connectivity index (χ1v) is 16.0. The Morgan fingerprint density at radius 2 is 1.70 bits per heavy atom. The molecule has 0 saturated heterocycles. The van der Waals surface area contributed by atoms with E-state index < -0.39 is 12.3 Å². The van der Waals surface area contributed by atoms with Gasteiger partial charge in [0.25, 0.3) is 0 Å². The third-order valence-corrected chi connectivity index (χ3v) is 8.19. The SMILES string of the molecule is CCc1noc(CC)c1CCc1nnc2n1-c1cc(CCOC)ccc1C(c1ccccc1)=NC2NNC(=O)OCc1ccccc1. The summed E-state index contributed by atoms with van der Waals surface area (Å²) in [5, 5.41) is 13.6. The molecule has 1 aliphatic heterocycles. The number of hydrazine groups is 1. The molecule has 3 heterocycles. The molecule has 242 valence electrons. The minimum atomic E-state index is -0.779. The van der Waals surface area contributed by atoms with E-state index >= 15 is 0 Å². The Kier molecular flexibility index (Phi) is 10.1. The fourth-order valence-corrected chi connectivity index (χ4v) is 5.79. The van der Waals surface area contributed by atoms with Gasteiger partial charge in [0.15, 0.2) is 12.0 Å². The summed E-state index contributed by atoms with van der Waals surface area (Å²) in [5.74, 6) is 2.20. The number of nitrogens with zero attached hydrogens (tertiary/aromatic N) is 5. The lowest BCUT2D eigenvalue weighted by molar-refractivity contribution is 0.132. The number of rotatable bonds is 13. The number of benzene rings is 3. The van der Waals surface area contributed by atoms with Gasteiger partial charge in [-0.05, 0) is 36.5 Å². The molecule has 1 atom stereocenters. The molecule has 1 unspecified atom stereocenters. The Balaban J connectivity index is 1.39. The Bertz CT molecular complexity index is 1810. The number of fused-ring (bicyclic) bond motifs is 3. The van der Waals surface area contributed by atoms with E-state index in [1.165, 1.54) is 0 Å². The molecule has 2 N–H and O–H groups in total. The molecule has 11 heteroatoms. The minimum absolute atomic E-state index is 0.135. The van der Waals surface area contributed by atoms with E-state index in [-0.39, 0.29) is 6.61 Å². The summed E-state index contributed by atoms with van der Waals surface area (Å²) >= 11 is 0. The van der Waals surface area contributed by atoms with E-state index in [2.05, 4.69) is 62.8 Å². The van der Waals surface area contributed by atoms with Gasteiger partial charge in [-0.15, -0.1) is 10.2 Å². The van der Waals surface area contributed by atoms with Crippen LogP contribution in [-0.4, -0.2) is 45.4 Å². The largest absolute Gasteiger partial charge is 0.444 e. The van der Waals surface area contributed by atoms with Crippen LogP contribution in [0, 0.1) is 0 Å². The molecule has 47 heavy (non-hydrogen) atoms. The van der Waals surface area contributed by atoms with Crippen LogP contribution in [-0.2, 0) is 48.2 Å². The average molecular weight is 634 g/mol. The van der Waals surface area contributed by atoms with E-state index in [1.54, 1.807) is 7.11 Å². The van der Waals surface area contributed by atoms with Crippen molar-refractivity contribution < 1.29 is 18.8 Å². The fraction of sp³-hybridized carbons (Fsp3) is 0.306. The third-order valence-electron chi connectivity index (χ3n) is 8.19. The Hall–Kier alpha value is -5.13. The number of aromatic nitrogens is 4. The summed E-state index contributed by atoms with van der Waals surface area (Å²) in [5.41, 5.74) is 13.4. The van der Waals surface area contributed by atoms with Crippen LogP contribution in [0.2, 0.25) is 0 Å². The van der Waals surface area contributed by atoms with Crippen molar-refractivity contribution >= 4 is 11.8 Å². The zero-order chi connectivity index (χ0) is 32.6. The van der Waals surface area contributed by atoms with Gasteiger partial charge in [0.2, 0.25) is 0 Å². The molecule has 1 amide bonds. The summed E-state index contributed by atoms with van der Waals surface area (Å²) < 4.78 is 18.6. The van der Waals surface area contributed by atoms with Crippen LogP contribution in [0.4, 0.5) is 4.79 Å². The van der Waals surface area contributed by atoms with Crippen molar-refractivity contribution in [3.63, 3.8) is 0 Å². The summed E-state index contributed by atoms with van der Waals surface area (Å²) in [6.45, 7) is 4.88. The van der Waals surface area contributed by atoms with E-state index in [0.717, 1.165) is 75.8 Å². The van der Waals surface area contributed by atoms with Crippen molar-refractivity contribution in [3.8, 4) is 5.69 Å². The highest BCUT2D eigenvalue weighted by Crippen LogP contribution is 2.31. The summed E-state index contributed by atoms with van der Waals surface area (Å²) in [6, 6.07) is 25.9. The zero-order valence-electron chi connectivity index (χ0n) is 26.9. The monoisotopic (exact) mass is 633 g/mol. The van der Waals surface area contributed by atoms with Crippen molar-refractivity contribution in [3.05, 3.63) is 130 Å². The van der Waals surface area contributed by atoms with E-state index in [4.69, 9.17) is 19.0 Å². The second-order valence-electron chi connectivity index (χ2n) is 11.2. The minimum Gasteiger partial charge on any atom is -0.444 e. The van der Waals surface area contributed by atoms with Crippen LogP contribution in [0.25, 0.3) is 5.69 Å². The Morgan fingerprint density at radius 3 is 2.45 bits per heavy atom. The van der Waals surface area contributed by atoms with E-state index in [1.807, 2.05) is 60.7 Å². The highest BCUT2D eigenvalue weighted by molar-refractivity contribution is 6.15. The number of amides is 1. The quantitative estimate of drug-likeness (QED) is 0.160. The van der Waals surface area contributed by atoms with E-state index in [0.29, 0.717) is 25.3 Å². The zero-order valence-corrected chi connectivity index (χ0v) is 26.9. The number of aryl methyl sites for hydroxylation is 3. The van der Waals surface area contributed by atoms with Gasteiger partial charge < -0.3 is 14.0 Å². The van der Waals surface area contributed by atoms with Crippen molar-refractivity contribution in [2.75, 3.05) is 13.7 Å². The maximum atomic E-state index is 12.8. The number of hydrogen-bond donors (Lipinski definition) is 2. The van der Waals surface area contributed by atoms with E-state index in [9.17, 15) is 4.79 Å². The van der Waals surface area contributed by atoms with Crippen molar-refractivity contribution in [1.82, 2.24) is 30.8 Å². The highest BCUT2D eigenvalue weighted by atomic mass is 16.6.